The summed E-state index contributed by atoms with van der Waals surface area (Å²) >= 11 is 0. The quantitative estimate of drug-likeness (QED) is 0.458. The molecular formula is C24H31N3O5S. The fraction of sp³-hybridized carbons (Fsp3) is 0.417. The molecule has 0 unspecified atom stereocenters. The molecule has 3 N–H and O–H groups in total. The molecule has 0 aliphatic heterocycles. The Morgan fingerprint density at radius 3 is 2.18 bits per heavy atom. The summed E-state index contributed by atoms with van der Waals surface area (Å²) in [5.41, 5.74) is 0.754. The highest BCUT2D eigenvalue weighted by Gasteiger charge is 2.20. The predicted octanol–water partition coefficient (Wildman–Crippen LogP) is 3.31. The molecule has 1 fully saturated rings. The van der Waals surface area contributed by atoms with E-state index in [1.807, 2.05) is 6.92 Å². The van der Waals surface area contributed by atoms with Crippen LogP contribution in [0, 0.1) is 5.92 Å². The van der Waals surface area contributed by atoms with E-state index in [-0.39, 0.29) is 22.6 Å². The average molecular weight is 474 g/mol. The van der Waals surface area contributed by atoms with Gasteiger partial charge in [-0.15, -0.1) is 0 Å². The molecule has 2 aromatic carbocycles. The summed E-state index contributed by atoms with van der Waals surface area (Å²) in [6.07, 6.45) is 5.24. The molecule has 3 rings (SSSR count). The van der Waals surface area contributed by atoms with Crippen LogP contribution in [0.5, 0.6) is 5.75 Å². The molecular weight excluding hydrogens is 442 g/mol. The zero-order valence-electron chi connectivity index (χ0n) is 18.8. The predicted molar refractivity (Wildman–Crippen MR) is 127 cm³/mol. The van der Waals surface area contributed by atoms with Crippen LogP contribution in [0.3, 0.4) is 0 Å². The van der Waals surface area contributed by atoms with Gasteiger partial charge in [-0.25, -0.2) is 8.42 Å². The van der Waals surface area contributed by atoms with Crippen molar-refractivity contribution in [2.75, 3.05) is 24.4 Å². The first-order chi connectivity index (χ1) is 15.9. The normalized spacial score (nSPS) is 14.3. The smallest absolute Gasteiger partial charge is 0.261 e. The Kier molecular flexibility index (Phi) is 8.71. The van der Waals surface area contributed by atoms with Crippen molar-refractivity contribution in [3.05, 3.63) is 54.1 Å². The molecule has 0 aromatic heterocycles. The zero-order chi connectivity index (χ0) is 23.7. The van der Waals surface area contributed by atoms with Gasteiger partial charge in [0.05, 0.1) is 11.5 Å². The van der Waals surface area contributed by atoms with E-state index in [2.05, 4.69) is 15.4 Å². The number of nitrogens with one attached hydrogen (secondary N) is 3. The summed E-state index contributed by atoms with van der Waals surface area (Å²) in [7, 11) is -3.79. The summed E-state index contributed by atoms with van der Waals surface area (Å²) < 4.78 is 33.1. The molecule has 178 valence electrons. The third kappa shape index (κ3) is 7.21. The Labute approximate surface area is 195 Å². The number of rotatable bonds is 10. The number of carbonyl (C=O) groups is 2. The van der Waals surface area contributed by atoms with Crippen molar-refractivity contribution in [2.45, 2.75) is 43.9 Å². The van der Waals surface area contributed by atoms with Gasteiger partial charge in [-0.3, -0.25) is 14.3 Å². The molecule has 1 aliphatic carbocycles. The number of ether oxygens (including phenoxy) is 1. The summed E-state index contributed by atoms with van der Waals surface area (Å²) in [4.78, 5) is 24.5. The van der Waals surface area contributed by atoms with Crippen LogP contribution in [-0.2, 0) is 14.8 Å². The van der Waals surface area contributed by atoms with Gasteiger partial charge in [0.2, 0.25) is 5.91 Å². The van der Waals surface area contributed by atoms with Crippen LogP contribution >= 0.6 is 0 Å². The van der Waals surface area contributed by atoms with Crippen molar-refractivity contribution >= 4 is 27.5 Å². The van der Waals surface area contributed by atoms with E-state index in [9.17, 15) is 18.0 Å². The van der Waals surface area contributed by atoms with E-state index in [0.717, 1.165) is 25.7 Å². The lowest BCUT2D eigenvalue weighted by atomic mass is 9.89. The van der Waals surface area contributed by atoms with Crippen LogP contribution in [0.4, 0.5) is 5.69 Å². The first kappa shape index (κ1) is 24.6. The van der Waals surface area contributed by atoms with Crippen molar-refractivity contribution < 1.29 is 22.7 Å². The zero-order valence-corrected chi connectivity index (χ0v) is 19.6. The van der Waals surface area contributed by atoms with Crippen LogP contribution < -0.4 is 20.1 Å². The van der Waals surface area contributed by atoms with Crippen molar-refractivity contribution in [3.8, 4) is 5.75 Å². The van der Waals surface area contributed by atoms with Gasteiger partial charge in [-0.2, -0.15) is 0 Å². The minimum absolute atomic E-state index is 0.0488. The van der Waals surface area contributed by atoms with Crippen molar-refractivity contribution in [2.24, 2.45) is 5.92 Å². The highest BCUT2D eigenvalue weighted by atomic mass is 32.2. The molecule has 2 aromatic rings. The Morgan fingerprint density at radius 2 is 1.55 bits per heavy atom. The number of sulfonamides is 1. The number of anilines is 1. The van der Waals surface area contributed by atoms with Gasteiger partial charge in [0.1, 0.15) is 5.75 Å². The van der Waals surface area contributed by atoms with Gasteiger partial charge in [-0.05, 0) is 68.3 Å². The highest BCUT2D eigenvalue weighted by Crippen LogP contribution is 2.23. The van der Waals surface area contributed by atoms with Gasteiger partial charge in [0, 0.05) is 30.3 Å². The first-order valence-corrected chi connectivity index (χ1v) is 12.8. The van der Waals surface area contributed by atoms with E-state index < -0.39 is 10.0 Å². The van der Waals surface area contributed by atoms with Gasteiger partial charge < -0.3 is 15.4 Å². The molecule has 8 nitrogen and oxygen atoms in total. The third-order valence-corrected chi connectivity index (χ3v) is 6.93. The molecule has 1 saturated carbocycles. The van der Waals surface area contributed by atoms with E-state index >= 15 is 0 Å². The Bertz CT molecular complexity index is 1030. The Balaban J connectivity index is 1.47. The van der Waals surface area contributed by atoms with Crippen molar-refractivity contribution in [1.29, 1.82) is 0 Å². The highest BCUT2D eigenvalue weighted by molar-refractivity contribution is 7.92. The lowest BCUT2D eigenvalue weighted by Crippen LogP contribution is -2.38. The van der Waals surface area contributed by atoms with Crippen LogP contribution in [-0.4, -0.2) is 39.9 Å². The SMILES string of the molecule is CCOc1ccc(NS(=O)(=O)c2ccc(C(=O)NCCNC(=O)C3CCCCC3)cc2)cc1. The molecule has 33 heavy (non-hydrogen) atoms. The average Bonchev–Trinajstić information content (AvgIpc) is 2.83. The maximum atomic E-state index is 12.6. The molecule has 0 atom stereocenters. The number of benzene rings is 2. The van der Waals surface area contributed by atoms with Crippen molar-refractivity contribution in [3.63, 3.8) is 0 Å². The Morgan fingerprint density at radius 1 is 0.909 bits per heavy atom. The van der Waals surface area contributed by atoms with Crippen LogP contribution in [0.1, 0.15) is 49.4 Å². The minimum atomic E-state index is -3.79. The lowest BCUT2D eigenvalue weighted by molar-refractivity contribution is -0.125. The second-order valence-corrected chi connectivity index (χ2v) is 9.65. The van der Waals surface area contributed by atoms with E-state index in [4.69, 9.17) is 4.74 Å². The number of hydrogen-bond donors (Lipinski definition) is 3. The van der Waals surface area contributed by atoms with Crippen LogP contribution in [0.25, 0.3) is 0 Å². The Hall–Kier alpha value is -3.07. The molecule has 2 amide bonds. The van der Waals surface area contributed by atoms with Gasteiger partial charge >= 0.3 is 0 Å². The summed E-state index contributed by atoms with van der Waals surface area (Å²) in [6, 6.07) is 12.3. The minimum Gasteiger partial charge on any atom is -0.494 e. The van der Waals surface area contributed by atoms with Crippen LogP contribution in [0.15, 0.2) is 53.4 Å². The molecule has 9 heteroatoms. The molecule has 0 saturated heterocycles. The molecule has 0 spiro atoms. The topological polar surface area (TPSA) is 114 Å². The fourth-order valence-corrected chi connectivity index (χ4v) is 4.82. The van der Waals surface area contributed by atoms with Gasteiger partial charge in [-0.1, -0.05) is 19.3 Å². The number of hydrogen-bond acceptors (Lipinski definition) is 5. The summed E-state index contributed by atoms with van der Waals surface area (Å²) in [5.74, 6) is 0.466. The largest absolute Gasteiger partial charge is 0.494 e. The van der Waals surface area contributed by atoms with Crippen LogP contribution in [0.2, 0.25) is 0 Å². The summed E-state index contributed by atoms with van der Waals surface area (Å²) in [6.45, 7) is 3.06. The molecule has 0 radical (unpaired) electrons. The maximum Gasteiger partial charge on any atom is 0.261 e. The van der Waals surface area contributed by atoms with Gasteiger partial charge in [0.15, 0.2) is 0 Å². The third-order valence-electron chi connectivity index (χ3n) is 5.53. The molecule has 0 heterocycles. The monoisotopic (exact) mass is 473 g/mol. The standard InChI is InChI=1S/C24H31N3O5S/c1-2-32-21-12-10-20(11-13-21)27-33(30,31)22-14-8-19(9-15-22)24(29)26-17-16-25-23(28)18-6-4-3-5-7-18/h8-15,18,27H,2-7,16-17H2,1H3,(H,25,28)(H,26,29). The van der Waals surface area contributed by atoms with Gasteiger partial charge in [0.25, 0.3) is 15.9 Å². The number of carbonyl (C=O) groups excluding carboxylic acids is 2. The summed E-state index contributed by atoms with van der Waals surface area (Å²) in [5, 5.41) is 5.61. The van der Waals surface area contributed by atoms with Crippen molar-refractivity contribution in [1.82, 2.24) is 10.6 Å². The first-order valence-electron chi connectivity index (χ1n) is 11.3. The van der Waals surface area contributed by atoms with E-state index in [1.54, 1.807) is 24.3 Å². The lowest BCUT2D eigenvalue weighted by Gasteiger charge is -2.20. The van der Waals surface area contributed by atoms with E-state index in [1.165, 1.54) is 30.7 Å². The molecule has 1 aliphatic rings. The molecule has 0 bridgehead atoms. The maximum absolute atomic E-state index is 12.6. The fourth-order valence-electron chi connectivity index (χ4n) is 3.76. The second-order valence-electron chi connectivity index (χ2n) is 7.97. The second kappa shape index (κ2) is 11.7. The van der Waals surface area contributed by atoms with E-state index in [0.29, 0.717) is 36.7 Å². The number of amides is 2.